The molecule has 1 aliphatic heterocycles. The van der Waals surface area contributed by atoms with E-state index >= 15 is 0 Å². The Morgan fingerprint density at radius 3 is 2.88 bits per heavy atom. The summed E-state index contributed by atoms with van der Waals surface area (Å²) < 4.78 is 1.13. The van der Waals surface area contributed by atoms with Crippen LogP contribution in [-0.2, 0) is 13.0 Å². The van der Waals surface area contributed by atoms with Gasteiger partial charge in [-0.2, -0.15) is 0 Å². The van der Waals surface area contributed by atoms with Gasteiger partial charge in [-0.3, -0.25) is 14.3 Å². The van der Waals surface area contributed by atoms with Crippen molar-refractivity contribution < 1.29 is 10.0 Å². The molecule has 1 aromatic carbocycles. The first-order valence-corrected chi connectivity index (χ1v) is 8.61. The third-order valence-electron chi connectivity index (χ3n) is 5.20. The summed E-state index contributed by atoms with van der Waals surface area (Å²) in [6.07, 6.45) is 2.39. The third kappa shape index (κ3) is 2.32. The van der Waals surface area contributed by atoms with E-state index in [2.05, 4.69) is 22.6 Å². The highest BCUT2D eigenvalue weighted by Gasteiger charge is 2.37. The van der Waals surface area contributed by atoms with Gasteiger partial charge in [0.2, 0.25) is 5.88 Å². The van der Waals surface area contributed by atoms with Gasteiger partial charge in [0.05, 0.1) is 19.3 Å². The summed E-state index contributed by atoms with van der Waals surface area (Å²) in [5.74, 6) is -0.297. The van der Waals surface area contributed by atoms with Crippen molar-refractivity contribution >= 4 is 10.9 Å². The molecule has 4 rings (SSSR count). The number of benzene rings is 1. The molecule has 2 atom stereocenters. The van der Waals surface area contributed by atoms with E-state index in [9.17, 15) is 14.7 Å². The lowest BCUT2D eigenvalue weighted by Gasteiger charge is -2.30. The second kappa shape index (κ2) is 6.03. The number of allylic oxidation sites excluding steroid dienone is 1. The van der Waals surface area contributed by atoms with Crippen LogP contribution in [-0.4, -0.2) is 33.2 Å². The predicted octanol–water partition coefficient (Wildman–Crippen LogP) is 0.0697. The molecule has 26 heavy (non-hydrogen) atoms. The molecule has 0 spiro atoms. The molecule has 134 valence electrons. The Morgan fingerprint density at radius 2 is 2.12 bits per heavy atom. The van der Waals surface area contributed by atoms with Gasteiger partial charge in [-0.15, -0.1) is 6.58 Å². The van der Waals surface area contributed by atoms with Crippen LogP contribution >= 0.6 is 0 Å². The van der Waals surface area contributed by atoms with Crippen LogP contribution in [0.5, 0.6) is 5.88 Å². The van der Waals surface area contributed by atoms with Crippen LogP contribution in [0.15, 0.2) is 46.5 Å². The number of nitrogens with one attached hydrogen (secondary N) is 3. The molecule has 1 aliphatic rings. The monoisotopic (exact) mass is 353 g/mol. The van der Waals surface area contributed by atoms with Crippen LogP contribution in [0.1, 0.15) is 22.9 Å². The van der Waals surface area contributed by atoms with Crippen molar-refractivity contribution in [3.63, 3.8) is 0 Å². The molecule has 0 bridgehead atoms. The van der Waals surface area contributed by atoms with Crippen LogP contribution in [0, 0.1) is 0 Å². The Bertz CT molecular complexity index is 1120. The number of rotatable bonds is 3. The van der Waals surface area contributed by atoms with Crippen LogP contribution in [0.25, 0.3) is 10.9 Å². The molecule has 0 saturated carbocycles. The zero-order valence-corrected chi connectivity index (χ0v) is 14.5. The SMILES string of the molecule is C=CCn1c(O)c([C@@H]2c3[nH]c4ccccc4c3CC[NH+]2C)c(=O)[nH]c1=O. The first-order chi connectivity index (χ1) is 12.5. The van der Waals surface area contributed by atoms with Gasteiger partial charge in [-0.25, -0.2) is 4.79 Å². The lowest BCUT2D eigenvalue weighted by atomic mass is 9.94. The molecule has 0 radical (unpaired) electrons. The number of aromatic nitrogens is 3. The molecule has 1 unspecified atom stereocenters. The minimum absolute atomic E-state index is 0.125. The van der Waals surface area contributed by atoms with Crippen LogP contribution in [0.4, 0.5) is 0 Å². The number of aromatic hydroxyl groups is 1. The zero-order chi connectivity index (χ0) is 18.4. The Kier molecular flexibility index (Phi) is 3.81. The fourth-order valence-corrected chi connectivity index (χ4v) is 3.97. The Morgan fingerprint density at radius 1 is 1.35 bits per heavy atom. The first kappa shape index (κ1) is 16.4. The molecule has 0 aliphatic carbocycles. The van der Waals surface area contributed by atoms with Gasteiger partial charge < -0.3 is 15.0 Å². The quantitative estimate of drug-likeness (QED) is 0.502. The van der Waals surface area contributed by atoms with Crippen molar-refractivity contribution in [3.05, 3.63) is 74.6 Å². The lowest BCUT2D eigenvalue weighted by Crippen LogP contribution is -3.10. The topological polar surface area (TPSA) is 95.3 Å². The van der Waals surface area contributed by atoms with E-state index in [0.717, 1.165) is 44.6 Å². The van der Waals surface area contributed by atoms with Gasteiger partial charge in [0.1, 0.15) is 5.56 Å². The fraction of sp³-hybridized carbons (Fsp3) is 0.263. The van der Waals surface area contributed by atoms with Gasteiger partial charge in [-0.1, -0.05) is 24.3 Å². The normalized spacial score (nSPS) is 19.4. The van der Waals surface area contributed by atoms with Crippen molar-refractivity contribution in [2.24, 2.45) is 0 Å². The second-order valence-corrected chi connectivity index (χ2v) is 6.74. The fourth-order valence-electron chi connectivity index (χ4n) is 3.97. The van der Waals surface area contributed by atoms with Gasteiger partial charge >= 0.3 is 5.69 Å². The highest BCUT2D eigenvalue weighted by Crippen LogP contribution is 2.32. The predicted molar refractivity (Wildman–Crippen MR) is 98.8 cm³/mol. The Labute approximate surface area is 149 Å². The molecule has 7 nitrogen and oxygen atoms in total. The van der Waals surface area contributed by atoms with Crippen molar-refractivity contribution in [1.29, 1.82) is 0 Å². The number of H-pyrrole nitrogens is 2. The minimum atomic E-state index is -0.638. The average molecular weight is 353 g/mol. The Hall–Kier alpha value is -3.06. The number of quaternary nitrogens is 1. The molecular weight excluding hydrogens is 332 g/mol. The number of hydrogen-bond acceptors (Lipinski definition) is 3. The smallest absolute Gasteiger partial charge is 0.331 e. The molecule has 7 heteroatoms. The van der Waals surface area contributed by atoms with Crippen molar-refractivity contribution in [2.75, 3.05) is 13.6 Å². The summed E-state index contributed by atoms with van der Waals surface area (Å²) in [6.45, 7) is 4.55. The Balaban J connectivity index is 2.00. The molecule has 2 aromatic heterocycles. The summed E-state index contributed by atoms with van der Waals surface area (Å²) in [5, 5.41) is 11.9. The molecule has 4 N–H and O–H groups in total. The van der Waals surface area contributed by atoms with E-state index in [1.807, 2.05) is 25.2 Å². The lowest BCUT2D eigenvalue weighted by molar-refractivity contribution is -0.908. The minimum Gasteiger partial charge on any atom is -0.494 e. The van der Waals surface area contributed by atoms with Crippen LogP contribution < -0.4 is 16.1 Å². The van der Waals surface area contributed by atoms with E-state index in [1.165, 1.54) is 6.08 Å². The number of fused-ring (bicyclic) bond motifs is 3. The van der Waals surface area contributed by atoms with Crippen LogP contribution in [0.2, 0.25) is 0 Å². The van der Waals surface area contributed by atoms with Crippen molar-refractivity contribution in [3.8, 4) is 5.88 Å². The number of nitrogens with zero attached hydrogens (tertiary/aromatic N) is 1. The average Bonchev–Trinajstić information content (AvgIpc) is 2.99. The summed E-state index contributed by atoms with van der Waals surface area (Å²) in [5.41, 5.74) is 2.10. The van der Waals surface area contributed by atoms with Gasteiger partial charge in [0.15, 0.2) is 6.04 Å². The summed E-state index contributed by atoms with van der Waals surface area (Å²) in [4.78, 5) is 31.5. The molecule has 0 amide bonds. The summed E-state index contributed by atoms with van der Waals surface area (Å²) >= 11 is 0. The van der Waals surface area contributed by atoms with Gasteiger partial charge in [0, 0.05) is 23.9 Å². The summed E-state index contributed by atoms with van der Waals surface area (Å²) in [7, 11) is 1.99. The second-order valence-electron chi connectivity index (χ2n) is 6.74. The maximum absolute atomic E-state index is 12.6. The number of likely N-dealkylation sites (N-methyl/N-ethyl adjacent to an activating group) is 1. The van der Waals surface area contributed by atoms with E-state index < -0.39 is 11.2 Å². The molecule has 0 fully saturated rings. The zero-order valence-electron chi connectivity index (χ0n) is 14.5. The highest BCUT2D eigenvalue weighted by molar-refractivity contribution is 5.85. The largest absolute Gasteiger partial charge is 0.494 e. The maximum atomic E-state index is 12.6. The maximum Gasteiger partial charge on any atom is 0.331 e. The number of aromatic amines is 2. The third-order valence-corrected chi connectivity index (χ3v) is 5.20. The van der Waals surface area contributed by atoms with E-state index in [1.54, 1.807) is 0 Å². The van der Waals surface area contributed by atoms with E-state index in [4.69, 9.17) is 0 Å². The molecule has 0 saturated heterocycles. The molecular formula is C19H21N4O3+. The molecule has 3 heterocycles. The number of para-hydroxylation sites is 1. The highest BCUT2D eigenvalue weighted by atomic mass is 16.3. The van der Waals surface area contributed by atoms with E-state index in [-0.39, 0.29) is 24.0 Å². The van der Waals surface area contributed by atoms with Crippen LogP contribution in [0.3, 0.4) is 0 Å². The van der Waals surface area contributed by atoms with Gasteiger partial charge in [-0.05, 0) is 11.6 Å². The van der Waals surface area contributed by atoms with Crippen molar-refractivity contribution in [2.45, 2.75) is 19.0 Å². The standard InChI is InChI=1S/C19H20N4O3/c1-3-9-23-18(25)14(17(24)21-19(23)26)16-15-12(8-10-22(16)2)11-6-4-5-7-13(11)20-15/h3-7,16,20,25H,1,8-10H2,2H3,(H,21,24,26)/p+1/t16-/m1/s1. The van der Waals surface area contributed by atoms with E-state index in [0.29, 0.717) is 0 Å². The first-order valence-electron chi connectivity index (χ1n) is 8.61. The van der Waals surface area contributed by atoms with Crippen molar-refractivity contribution in [1.82, 2.24) is 14.5 Å². The molecule has 3 aromatic rings. The van der Waals surface area contributed by atoms with Gasteiger partial charge in [0.25, 0.3) is 5.56 Å². The number of hydrogen-bond donors (Lipinski definition) is 4. The summed E-state index contributed by atoms with van der Waals surface area (Å²) in [6, 6.07) is 7.63.